The maximum atomic E-state index is 11.7. The highest BCUT2D eigenvalue weighted by atomic mass is 35.5. The van der Waals surface area contributed by atoms with Gasteiger partial charge in [-0.15, -0.1) is 0 Å². The van der Waals surface area contributed by atoms with Gasteiger partial charge in [-0.3, -0.25) is 0 Å². The first-order valence-corrected chi connectivity index (χ1v) is 7.12. The molecule has 0 spiro atoms. The van der Waals surface area contributed by atoms with Crippen molar-refractivity contribution < 1.29 is 9.53 Å². The predicted molar refractivity (Wildman–Crippen MR) is 82.0 cm³/mol. The van der Waals surface area contributed by atoms with Crippen LogP contribution in [0.15, 0.2) is 24.3 Å². The third kappa shape index (κ3) is 6.26. The second-order valence-electron chi connectivity index (χ2n) is 5.71. The Morgan fingerprint density at radius 1 is 1.40 bits per heavy atom. The van der Waals surface area contributed by atoms with E-state index in [2.05, 4.69) is 5.32 Å². The normalized spacial score (nSPS) is 12.8. The minimum absolute atomic E-state index is 0.124. The molecule has 4 nitrogen and oxygen atoms in total. The number of rotatable bonds is 5. The van der Waals surface area contributed by atoms with Crippen LogP contribution >= 0.6 is 11.6 Å². The van der Waals surface area contributed by atoms with Gasteiger partial charge in [0.05, 0.1) is 0 Å². The fourth-order valence-electron chi connectivity index (χ4n) is 1.75. The standard InChI is InChI=1S/C15H23ClN2O2/c1-15(2,3)20-14(19)18-12(10-17)9-8-11-6-4-5-7-13(11)16/h4-7,12H,8-10,17H2,1-3H3,(H,18,19). The first-order chi connectivity index (χ1) is 9.31. The zero-order valence-electron chi connectivity index (χ0n) is 12.3. The summed E-state index contributed by atoms with van der Waals surface area (Å²) in [7, 11) is 0. The summed E-state index contributed by atoms with van der Waals surface area (Å²) in [6.45, 7) is 5.85. The number of carbonyl (C=O) groups excluding carboxylic acids is 1. The number of ether oxygens (including phenoxy) is 1. The van der Waals surface area contributed by atoms with Crippen molar-refractivity contribution >= 4 is 17.7 Å². The number of hydrogen-bond donors (Lipinski definition) is 2. The Morgan fingerprint density at radius 2 is 2.05 bits per heavy atom. The number of hydrogen-bond acceptors (Lipinski definition) is 3. The van der Waals surface area contributed by atoms with Crippen molar-refractivity contribution in [1.29, 1.82) is 0 Å². The molecule has 20 heavy (non-hydrogen) atoms. The average molecular weight is 299 g/mol. The third-order valence-corrected chi connectivity index (χ3v) is 3.09. The Bertz CT molecular complexity index is 444. The molecule has 0 radical (unpaired) electrons. The van der Waals surface area contributed by atoms with Crippen LogP contribution in [0, 0.1) is 0 Å². The zero-order chi connectivity index (χ0) is 15.2. The maximum Gasteiger partial charge on any atom is 0.407 e. The molecule has 112 valence electrons. The molecule has 0 saturated heterocycles. The Hall–Kier alpha value is -1.26. The van der Waals surface area contributed by atoms with Gasteiger partial charge in [0.15, 0.2) is 0 Å². The smallest absolute Gasteiger partial charge is 0.407 e. The van der Waals surface area contributed by atoms with Gasteiger partial charge in [0.2, 0.25) is 0 Å². The highest BCUT2D eigenvalue weighted by Gasteiger charge is 2.18. The molecular weight excluding hydrogens is 276 g/mol. The Morgan fingerprint density at radius 3 is 2.60 bits per heavy atom. The van der Waals surface area contributed by atoms with Crippen LogP contribution < -0.4 is 11.1 Å². The largest absolute Gasteiger partial charge is 0.444 e. The van der Waals surface area contributed by atoms with Crippen LogP contribution in [0.5, 0.6) is 0 Å². The average Bonchev–Trinajstić information content (AvgIpc) is 2.34. The molecule has 0 aliphatic heterocycles. The Kier molecular flexibility index (Phi) is 6.30. The summed E-state index contributed by atoms with van der Waals surface area (Å²) < 4.78 is 5.21. The van der Waals surface area contributed by atoms with Crippen LogP contribution in [0.4, 0.5) is 4.79 Å². The number of nitrogens with one attached hydrogen (secondary N) is 1. The summed E-state index contributed by atoms with van der Waals surface area (Å²) in [6.07, 6.45) is 1.05. The van der Waals surface area contributed by atoms with Gasteiger partial charge >= 0.3 is 6.09 Å². The molecular formula is C15H23ClN2O2. The number of benzene rings is 1. The quantitative estimate of drug-likeness (QED) is 0.878. The molecule has 0 heterocycles. The summed E-state index contributed by atoms with van der Waals surface area (Å²) in [6, 6.07) is 7.55. The van der Waals surface area contributed by atoms with Gasteiger partial charge in [0.1, 0.15) is 5.60 Å². The maximum absolute atomic E-state index is 11.7. The lowest BCUT2D eigenvalue weighted by molar-refractivity contribution is 0.0503. The summed E-state index contributed by atoms with van der Waals surface area (Å²) in [5.41, 5.74) is 6.23. The molecule has 0 saturated carbocycles. The molecule has 1 atom stereocenters. The van der Waals surface area contributed by atoms with Gasteiger partial charge in [0.25, 0.3) is 0 Å². The van der Waals surface area contributed by atoms with E-state index in [0.29, 0.717) is 6.54 Å². The van der Waals surface area contributed by atoms with Gasteiger partial charge in [-0.2, -0.15) is 0 Å². The van der Waals surface area contributed by atoms with Crippen molar-refractivity contribution in [2.24, 2.45) is 5.73 Å². The summed E-state index contributed by atoms with van der Waals surface area (Å²) in [4.78, 5) is 11.7. The minimum Gasteiger partial charge on any atom is -0.444 e. The monoisotopic (exact) mass is 298 g/mol. The summed E-state index contributed by atoms with van der Waals surface area (Å²) >= 11 is 6.10. The van der Waals surface area contributed by atoms with Crippen LogP contribution in [0.2, 0.25) is 5.02 Å². The first-order valence-electron chi connectivity index (χ1n) is 6.75. The lowest BCUT2D eigenvalue weighted by Gasteiger charge is -2.23. The number of amides is 1. The molecule has 3 N–H and O–H groups in total. The van der Waals surface area contributed by atoms with E-state index < -0.39 is 11.7 Å². The van der Waals surface area contributed by atoms with Gasteiger partial charge in [-0.1, -0.05) is 29.8 Å². The van der Waals surface area contributed by atoms with Crippen molar-refractivity contribution in [2.75, 3.05) is 6.54 Å². The molecule has 0 aliphatic carbocycles. The molecule has 1 aromatic rings. The second kappa shape index (κ2) is 7.50. The minimum atomic E-state index is -0.508. The fraction of sp³-hybridized carbons (Fsp3) is 0.533. The zero-order valence-corrected chi connectivity index (χ0v) is 13.0. The lowest BCUT2D eigenvalue weighted by atomic mass is 10.1. The number of nitrogens with two attached hydrogens (primary N) is 1. The second-order valence-corrected chi connectivity index (χ2v) is 6.12. The molecule has 0 bridgehead atoms. The van der Waals surface area contributed by atoms with E-state index in [9.17, 15) is 4.79 Å². The first kappa shape index (κ1) is 16.8. The van der Waals surface area contributed by atoms with Crippen molar-refractivity contribution in [2.45, 2.75) is 45.3 Å². The Balaban J connectivity index is 2.48. The molecule has 1 aromatic carbocycles. The van der Waals surface area contributed by atoms with E-state index in [1.807, 2.05) is 45.0 Å². The van der Waals surface area contributed by atoms with Crippen LogP contribution in [0.3, 0.4) is 0 Å². The third-order valence-electron chi connectivity index (χ3n) is 2.73. The van der Waals surface area contributed by atoms with E-state index in [1.165, 1.54) is 0 Å². The van der Waals surface area contributed by atoms with Crippen molar-refractivity contribution in [1.82, 2.24) is 5.32 Å². The number of aryl methyl sites for hydroxylation is 1. The molecule has 0 aliphatic rings. The van der Waals surface area contributed by atoms with Crippen LogP contribution in [0.1, 0.15) is 32.8 Å². The molecule has 1 amide bonds. The van der Waals surface area contributed by atoms with E-state index in [4.69, 9.17) is 22.1 Å². The van der Waals surface area contributed by atoms with E-state index in [-0.39, 0.29) is 6.04 Å². The van der Waals surface area contributed by atoms with Gasteiger partial charge in [-0.25, -0.2) is 4.79 Å². The lowest BCUT2D eigenvalue weighted by Crippen LogP contribution is -2.43. The van der Waals surface area contributed by atoms with Crippen molar-refractivity contribution in [3.05, 3.63) is 34.9 Å². The van der Waals surface area contributed by atoms with Crippen LogP contribution in [0.25, 0.3) is 0 Å². The van der Waals surface area contributed by atoms with E-state index in [0.717, 1.165) is 23.4 Å². The van der Waals surface area contributed by atoms with E-state index >= 15 is 0 Å². The SMILES string of the molecule is CC(C)(C)OC(=O)NC(CN)CCc1ccccc1Cl. The summed E-state index contributed by atoms with van der Waals surface area (Å²) in [5.74, 6) is 0. The molecule has 1 rings (SSSR count). The fourth-order valence-corrected chi connectivity index (χ4v) is 1.98. The Labute approximate surface area is 125 Å². The molecule has 1 unspecified atom stereocenters. The van der Waals surface area contributed by atoms with Crippen molar-refractivity contribution in [3.63, 3.8) is 0 Å². The van der Waals surface area contributed by atoms with Gasteiger partial charge in [-0.05, 0) is 45.2 Å². The molecule has 0 fully saturated rings. The highest BCUT2D eigenvalue weighted by molar-refractivity contribution is 6.31. The predicted octanol–water partition coefficient (Wildman–Crippen LogP) is 3.12. The topological polar surface area (TPSA) is 64.3 Å². The van der Waals surface area contributed by atoms with Gasteiger partial charge < -0.3 is 15.8 Å². The van der Waals surface area contributed by atoms with Gasteiger partial charge in [0, 0.05) is 17.6 Å². The highest BCUT2D eigenvalue weighted by Crippen LogP contribution is 2.17. The number of carbonyl (C=O) groups is 1. The van der Waals surface area contributed by atoms with Crippen molar-refractivity contribution in [3.8, 4) is 0 Å². The summed E-state index contributed by atoms with van der Waals surface area (Å²) in [5, 5.41) is 3.52. The van der Waals surface area contributed by atoms with Crippen LogP contribution in [-0.4, -0.2) is 24.3 Å². The molecule has 0 aromatic heterocycles. The number of halogens is 1. The van der Waals surface area contributed by atoms with Crippen LogP contribution in [-0.2, 0) is 11.2 Å². The van der Waals surface area contributed by atoms with E-state index in [1.54, 1.807) is 0 Å². The number of alkyl carbamates (subject to hydrolysis) is 1. The molecule has 5 heteroatoms.